The minimum absolute atomic E-state index is 0.140. The monoisotopic (exact) mass is 612 g/mol. The summed E-state index contributed by atoms with van der Waals surface area (Å²) < 4.78 is 14.7. The molecule has 6 heterocycles. The molecular formula is C32H33ClN8O3. The second kappa shape index (κ2) is 11.4. The maximum atomic E-state index is 12.9. The van der Waals surface area contributed by atoms with Crippen molar-refractivity contribution in [3.8, 4) is 17.2 Å². The maximum absolute atomic E-state index is 12.9. The number of piperidine rings is 1. The molecule has 11 nitrogen and oxygen atoms in total. The van der Waals surface area contributed by atoms with E-state index in [2.05, 4.69) is 46.4 Å². The number of oxazole rings is 1. The quantitative estimate of drug-likeness (QED) is 0.253. The van der Waals surface area contributed by atoms with Crippen LogP contribution >= 0.6 is 11.6 Å². The first-order valence-corrected chi connectivity index (χ1v) is 15.4. The lowest BCUT2D eigenvalue weighted by atomic mass is 9.91. The predicted molar refractivity (Wildman–Crippen MR) is 165 cm³/mol. The van der Waals surface area contributed by atoms with Crippen LogP contribution in [-0.2, 0) is 17.7 Å². The van der Waals surface area contributed by atoms with Gasteiger partial charge in [-0.25, -0.2) is 24.4 Å². The summed E-state index contributed by atoms with van der Waals surface area (Å²) >= 11 is 5.93. The van der Waals surface area contributed by atoms with Crippen LogP contribution in [0.4, 0.5) is 0 Å². The van der Waals surface area contributed by atoms with Crippen LogP contribution in [0.5, 0.6) is 0 Å². The molecule has 5 aromatic rings. The van der Waals surface area contributed by atoms with Gasteiger partial charge in [-0.15, -0.1) is 0 Å². The summed E-state index contributed by atoms with van der Waals surface area (Å²) in [5, 5.41) is 16.6. The molecule has 226 valence electrons. The van der Waals surface area contributed by atoms with Gasteiger partial charge >= 0.3 is 5.76 Å². The van der Waals surface area contributed by atoms with Gasteiger partial charge in [-0.2, -0.15) is 10.4 Å². The number of benzene rings is 1. The lowest BCUT2D eigenvalue weighted by Gasteiger charge is -2.44. The van der Waals surface area contributed by atoms with Gasteiger partial charge in [0.2, 0.25) is 0 Å². The number of likely N-dealkylation sites (tertiary alicyclic amines) is 1. The Morgan fingerprint density at radius 1 is 1.18 bits per heavy atom. The third kappa shape index (κ3) is 5.07. The van der Waals surface area contributed by atoms with Crippen LogP contribution in [0.1, 0.15) is 50.3 Å². The Hall–Kier alpha value is -4.11. The zero-order valence-corrected chi connectivity index (χ0v) is 25.7. The number of fused-ring (bicyclic) bond motifs is 2. The third-order valence-corrected chi connectivity index (χ3v) is 9.00. The molecule has 0 aliphatic carbocycles. The van der Waals surface area contributed by atoms with E-state index in [1.165, 1.54) is 17.0 Å². The number of nitriles is 1. The minimum Gasteiger partial charge on any atom is -0.408 e. The van der Waals surface area contributed by atoms with Crippen LogP contribution in [-0.4, -0.2) is 66.5 Å². The van der Waals surface area contributed by atoms with E-state index in [0.29, 0.717) is 51.8 Å². The Morgan fingerprint density at radius 3 is 2.66 bits per heavy atom. The van der Waals surface area contributed by atoms with E-state index in [9.17, 15) is 10.1 Å². The molecule has 0 spiro atoms. The summed E-state index contributed by atoms with van der Waals surface area (Å²) in [6, 6.07) is 8.73. The number of aromatic nitrogens is 6. The topological polar surface area (TPSA) is 128 Å². The van der Waals surface area contributed by atoms with Gasteiger partial charge in [0.05, 0.1) is 59.8 Å². The predicted octanol–water partition coefficient (Wildman–Crippen LogP) is 4.85. The van der Waals surface area contributed by atoms with Crippen molar-refractivity contribution < 1.29 is 9.15 Å². The van der Waals surface area contributed by atoms with Crippen molar-refractivity contribution in [1.82, 2.24) is 34.2 Å². The van der Waals surface area contributed by atoms with Crippen LogP contribution in [0.15, 0.2) is 46.0 Å². The van der Waals surface area contributed by atoms with Crippen LogP contribution in [0.25, 0.3) is 33.3 Å². The van der Waals surface area contributed by atoms with Gasteiger partial charge in [-0.1, -0.05) is 38.4 Å². The molecule has 2 aliphatic heterocycles. The molecule has 0 N–H and O–H groups in total. The van der Waals surface area contributed by atoms with Crippen LogP contribution in [0.2, 0.25) is 5.02 Å². The molecule has 0 bridgehead atoms. The second-order valence-electron chi connectivity index (χ2n) is 12.3. The molecule has 2 saturated heterocycles. The van der Waals surface area contributed by atoms with E-state index >= 15 is 0 Å². The van der Waals surface area contributed by atoms with Crippen molar-refractivity contribution >= 4 is 33.7 Å². The highest BCUT2D eigenvalue weighted by atomic mass is 35.5. The summed E-state index contributed by atoms with van der Waals surface area (Å²) in [4.78, 5) is 29.0. The molecule has 44 heavy (non-hydrogen) atoms. The van der Waals surface area contributed by atoms with Crippen molar-refractivity contribution in [3.05, 3.63) is 69.4 Å². The first kappa shape index (κ1) is 28.6. The Labute approximate surface area is 259 Å². The summed E-state index contributed by atoms with van der Waals surface area (Å²) in [6.45, 7) is 10.3. The molecule has 2 atom stereocenters. The molecule has 2 aliphatic rings. The molecule has 0 unspecified atom stereocenters. The van der Waals surface area contributed by atoms with E-state index < -0.39 is 5.76 Å². The molecule has 1 aromatic carbocycles. The van der Waals surface area contributed by atoms with Crippen molar-refractivity contribution in [1.29, 1.82) is 5.26 Å². The average molecular weight is 613 g/mol. The van der Waals surface area contributed by atoms with Gasteiger partial charge in [-0.3, -0.25) is 9.47 Å². The third-order valence-electron chi connectivity index (χ3n) is 8.80. The molecule has 7 rings (SSSR count). The molecule has 0 radical (unpaired) electrons. The maximum Gasteiger partial charge on any atom is 0.420 e. The smallest absolute Gasteiger partial charge is 0.408 e. The summed E-state index contributed by atoms with van der Waals surface area (Å²) in [6.07, 6.45) is 6.44. The highest BCUT2D eigenvalue weighted by molar-refractivity contribution is 6.30. The fourth-order valence-electron chi connectivity index (χ4n) is 6.53. The van der Waals surface area contributed by atoms with E-state index in [-0.39, 0.29) is 12.6 Å². The Morgan fingerprint density at radius 2 is 1.98 bits per heavy atom. The second-order valence-corrected chi connectivity index (χ2v) is 12.8. The van der Waals surface area contributed by atoms with Crippen molar-refractivity contribution in [3.63, 3.8) is 0 Å². The lowest BCUT2D eigenvalue weighted by molar-refractivity contribution is -0.0805. The number of rotatable bonds is 7. The molecule has 0 amide bonds. The normalized spacial score (nSPS) is 19.5. The fraction of sp³-hybridized carbons (Fsp3) is 0.438. The number of hydrogen-bond acceptors (Lipinski definition) is 9. The number of hydrogen-bond donors (Lipinski definition) is 0. The van der Waals surface area contributed by atoms with Crippen molar-refractivity contribution in [2.75, 3.05) is 26.3 Å². The first-order chi connectivity index (χ1) is 21.3. The summed E-state index contributed by atoms with van der Waals surface area (Å²) in [7, 11) is 0. The van der Waals surface area contributed by atoms with E-state index in [4.69, 9.17) is 30.8 Å². The Kier molecular flexibility index (Phi) is 7.44. The van der Waals surface area contributed by atoms with E-state index in [0.717, 1.165) is 60.6 Å². The molecule has 0 saturated carbocycles. The van der Waals surface area contributed by atoms with Gasteiger partial charge in [0.1, 0.15) is 11.9 Å². The minimum atomic E-state index is -0.516. The van der Waals surface area contributed by atoms with Gasteiger partial charge < -0.3 is 9.15 Å². The van der Waals surface area contributed by atoms with Crippen LogP contribution in [0.3, 0.4) is 0 Å². The molecule has 12 heteroatoms. The lowest BCUT2D eigenvalue weighted by Crippen LogP contribution is -2.54. The summed E-state index contributed by atoms with van der Waals surface area (Å²) in [5.74, 6) is 0.598. The van der Waals surface area contributed by atoms with Gasteiger partial charge in [-0.05, 0) is 42.4 Å². The number of nitrogens with zero attached hydrogens (tertiary/aromatic N) is 8. The summed E-state index contributed by atoms with van der Waals surface area (Å²) in [5.41, 5.74) is 4.60. The van der Waals surface area contributed by atoms with E-state index in [1.807, 2.05) is 24.4 Å². The van der Waals surface area contributed by atoms with Crippen LogP contribution < -0.4 is 5.76 Å². The highest BCUT2D eigenvalue weighted by Gasteiger charge is 2.35. The van der Waals surface area contributed by atoms with E-state index in [1.54, 1.807) is 0 Å². The number of halogens is 1. The van der Waals surface area contributed by atoms with Crippen molar-refractivity contribution in [2.24, 2.45) is 11.8 Å². The SMILES string of the molecule is CC(C)Cc1nc2c(cnn2[C@@H]2CCN(C3COC3)C[C@H]2C)c(-c2ccc3c(c2)oc(=O)n3Cc2ncc(Cl)cn2)c1C#N. The Balaban J connectivity index is 1.32. The number of ether oxygens (including phenoxy) is 1. The molecular weight excluding hydrogens is 580 g/mol. The van der Waals surface area contributed by atoms with Gasteiger partial charge in [0, 0.05) is 36.4 Å². The largest absolute Gasteiger partial charge is 0.420 e. The van der Waals surface area contributed by atoms with Gasteiger partial charge in [0.25, 0.3) is 0 Å². The average Bonchev–Trinajstić information content (AvgIpc) is 3.52. The van der Waals surface area contributed by atoms with Crippen LogP contribution in [0, 0.1) is 23.2 Å². The Bertz CT molecular complexity index is 1950. The zero-order chi connectivity index (χ0) is 30.5. The zero-order valence-electron chi connectivity index (χ0n) is 24.9. The highest BCUT2D eigenvalue weighted by Crippen LogP contribution is 2.38. The number of pyridine rings is 1. The van der Waals surface area contributed by atoms with Gasteiger partial charge in [0.15, 0.2) is 11.2 Å². The molecule has 2 fully saturated rings. The fourth-order valence-corrected chi connectivity index (χ4v) is 6.63. The first-order valence-electron chi connectivity index (χ1n) is 15.0. The standard InChI is InChI=1S/C32H33ClN8O3/c1-18(2)8-25-23(10-34)30(20-4-5-27-28(9-20)44-32(42)40(27)15-29-35-11-21(33)12-36-29)24-13-37-41(31(24)38-25)26-6-7-39(14-19(26)3)22-16-43-17-22/h4-5,9,11-13,18-19,22,26H,6-8,14-17H2,1-3H3/t19-,26-/m1/s1. The van der Waals surface area contributed by atoms with Crippen molar-refractivity contribution in [2.45, 2.75) is 52.2 Å². The molecule has 4 aromatic heterocycles.